The van der Waals surface area contributed by atoms with Gasteiger partial charge in [0.1, 0.15) is 5.82 Å². The first-order chi connectivity index (χ1) is 9.74. The van der Waals surface area contributed by atoms with Gasteiger partial charge in [0.2, 0.25) is 5.91 Å². The molecule has 0 bridgehead atoms. The molecule has 2 saturated heterocycles. The van der Waals surface area contributed by atoms with E-state index in [4.69, 9.17) is 0 Å². The summed E-state index contributed by atoms with van der Waals surface area (Å²) in [5, 5.41) is 3.32. The van der Waals surface area contributed by atoms with Crippen molar-refractivity contribution in [2.24, 2.45) is 5.92 Å². The van der Waals surface area contributed by atoms with Crippen LogP contribution in [-0.4, -0.2) is 47.0 Å². The molecule has 0 spiro atoms. The SMILES string of the molecule is Cc1cnc([C@H]2CCCN(C(=O)C3CCNCC3)C2)[nH]1. The maximum absolute atomic E-state index is 12.6. The van der Waals surface area contributed by atoms with Gasteiger partial charge in [-0.1, -0.05) is 0 Å². The van der Waals surface area contributed by atoms with E-state index in [1.807, 2.05) is 13.1 Å². The fraction of sp³-hybridized carbons (Fsp3) is 0.733. The van der Waals surface area contributed by atoms with Crippen molar-refractivity contribution in [2.75, 3.05) is 26.2 Å². The average Bonchev–Trinajstić information content (AvgIpc) is 2.94. The Morgan fingerprint density at radius 3 is 2.85 bits per heavy atom. The molecule has 2 N–H and O–H groups in total. The van der Waals surface area contributed by atoms with E-state index in [1.165, 1.54) is 0 Å². The second-order valence-electron chi connectivity index (χ2n) is 6.10. The monoisotopic (exact) mass is 276 g/mol. The second-order valence-corrected chi connectivity index (χ2v) is 6.10. The van der Waals surface area contributed by atoms with Gasteiger partial charge in [-0.15, -0.1) is 0 Å². The predicted molar refractivity (Wildman–Crippen MR) is 77.5 cm³/mol. The van der Waals surface area contributed by atoms with Gasteiger partial charge in [-0.2, -0.15) is 0 Å². The molecule has 5 heteroatoms. The molecule has 20 heavy (non-hydrogen) atoms. The van der Waals surface area contributed by atoms with Gasteiger partial charge in [0.05, 0.1) is 0 Å². The zero-order valence-electron chi connectivity index (χ0n) is 12.2. The van der Waals surface area contributed by atoms with Crippen LogP contribution in [0.5, 0.6) is 0 Å². The van der Waals surface area contributed by atoms with Gasteiger partial charge >= 0.3 is 0 Å². The number of H-pyrrole nitrogens is 1. The van der Waals surface area contributed by atoms with E-state index in [0.29, 0.717) is 11.8 Å². The molecule has 3 heterocycles. The van der Waals surface area contributed by atoms with E-state index in [2.05, 4.69) is 20.2 Å². The van der Waals surface area contributed by atoms with Gasteiger partial charge in [0.25, 0.3) is 0 Å². The molecule has 1 aromatic rings. The highest BCUT2D eigenvalue weighted by Crippen LogP contribution is 2.27. The lowest BCUT2D eigenvalue weighted by Gasteiger charge is -2.35. The first-order valence-electron chi connectivity index (χ1n) is 7.75. The maximum Gasteiger partial charge on any atom is 0.225 e. The highest BCUT2D eigenvalue weighted by atomic mass is 16.2. The summed E-state index contributed by atoms with van der Waals surface area (Å²) in [6, 6.07) is 0. The largest absolute Gasteiger partial charge is 0.346 e. The molecule has 2 fully saturated rings. The number of hydrogen-bond donors (Lipinski definition) is 2. The van der Waals surface area contributed by atoms with Gasteiger partial charge in [-0.25, -0.2) is 4.98 Å². The molecule has 110 valence electrons. The van der Waals surface area contributed by atoms with Crippen LogP contribution in [0.2, 0.25) is 0 Å². The van der Waals surface area contributed by atoms with Crippen molar-refractivity contribution in [1.82, 2.24) is 20.2 Å². The van der Waals surface area contributed by atoms with Crippen LogP contribution >= 0.6 is 0 Å². The van der Waals surface area contributed by atoms with Crippen molar-refractivity contribution in [3.63, 3.8) is 0 Å². The lowest BCUT2D eigenvalue weighted by molar-refractivity contribution is -0.137. The Bertz CT molecular complexity index is 464. The van der Waals surface area contributed by atoms with E-state index in [0.717, 1.165) is 63.4 Å². The number of aromatic nitrogens is 2. The van der Waals surface area contributed by atoms with Gasteiger partial charge in [0, 0.05) is 36.8 Å². The molecule has 1 amide bonds. The molecule has 0 saturated carbocycles. The Morgan fingerprint density at radius 1 is 1.35 bits per heavy atom. The van der Waals surface area contributed by atoms with Crippen LogP contribution in [0.4, 0.5) is 0 Å². The molecule has 0 aromatic carbocycles. The zero-order chi connectivity index (χ0) is 13.9. The van der Waals surface area contributed by atoms with Crippen LogP contribution in [0.25, 0.3) is 0 Å². The summed E-state index contributed by atoms with van der Waals surface area (Å²) in [7, 11) is 0. The first kappa shape index (κ1) is 13.6. The minimum atomic E-state index is 0.230. The van der Waals surface area contributed by atoms with Crippen molar-refractivity contribution < 1.29 is 4.79 Å². The number of rotatable bonds is 2. The van der Waals surface area contributed by atoms with Crippen LogP contribution in [0.3, 0.4) is 0 Å². The number of likely N-dealkylation sites (tertiary alicyclic amines) is 1. The quantitative estimate of drug-likeness (QED) is 0.859. The van der Waals surface area contributed by atoms with Crippen LogP contribution < -0.4 is 5.32 Å². The van der Waals surface area contributed by atoms with Gasteiger partial charge in [0.15, 0.2) is 0 Å². The molecule has 1 atom stereocenters. The minimum absolute atomic E-state index is 0.230. The fourth-order valence-electron chi connectivity index (χ4n) is 3.37. The molecule has 0 radical (unpaired) electrons. The number of aromatic amines is 1. The third-order valence-electron chi connectivity index (χ3n) is 4.53. The number of aryl methyl sites for hydroxylation is 1. The number of imidazole rings is 1. The van der Waals surface area contributed by atoms with Gasteiger partial charge in [-0.05, 0) is 45.7 Å². The molecule has 2 aliphatic rings. The van der Waals surface area contributed by atoms with Gasteiger partial charge in [-0.3, -0.25) is 4.79 Å². The summed E-state index contributed by atoms with van der Waals surface area (Å²) in [5.74, 6) is 2.02. The van der Waals surface area contributed by atoms with E-state index in [9.17, 15) is 4.79 Å². The smallest absolute Gasteiger partial charge is 0.225 e. The Balaban J connectivity index is 1.63. The molecule has 2 aliphatic heterocycles. The molecule has 3 rings (SSSR count). The van der Waals surface area contributed by atoms with E-state index in [-0.39, 0.29) is 5.92 Å². The Morgan fingerprint density at radius 2 is 2.15 bits per heavy atom. The topological polar surface area (TPSA) is 61.0 Å². The Kier molecular flexibility index (Phi) is 4.05. The van der Waals surface area contributed by atoms with Crippen LogP contribution in [0.15, 0.2) is 6.20 Å². The highest BCUT2D eigenvalue weighted by molar-refractivity contribution is 5.79. The Labute approximate surface area is 120 Å². The molecular formula is C15H24N4O. The number of carbonyl (C=O) groups is 1. The summed E-state index contributed by atoms with van der Waals surface area (Å²) >= 11 is 0. The van der Waals surface area contributed by atoms with Crippen LogP contribution in [-0.2, 0) is 4.79 Å². The molecule has 0 unspecified atom stereocenters. The minimum Gasteiger partial charge on any atom is -0.346 e. The van der Waals surface area contributed by atoms with Gasteiger partial charge < -0.3 is 15.2 Å². The number of nitrogens with zero attached hydrogens (tertiary/aromatic N) is 2. The summed E-state index contributed by atoms with van der Waals surface area (Å²) < 4.78 is 0. The second kappa shape index (κ2) is 5.95. The lowest BCUT2D eigenvalue weighted by atomic mass is 9.92. The van der Waals surface area contributed by atoms with E-state index >= 15 is 0 Å². The maximum atomic E-state index is 12.6. The van der Waals surface area contributed by atoms with Crippen molar-refractivity contribution in [2.45, 2.75) is 38.5 Å². The number of hydrogen-bond acceptors (Lipinski definition) is 3. The molecule has 5 nitrogen and oxygen atoms in total. The first-order valence-corrected chi connectivity index (χ1v) is 7.75. The normalized spacial score (nSPS) is 24.9. The van der Waals surface area contributed by atoms with E-state index < -0.39 is 0 Å². The standard InChI is InChI=1S/C15H24N4O/c1-11-9-17-14(18-11)13-3-2-8-19(10-13)15(20)12-4-6-16-7-5-12/h9,12-13,16H,2-8,10H2,1H3,(H,17,18)/t13-/m0/s1. The Hall–Kier alpha value is -1.36. The zero-order valence-corrected chi connectivity index (χ0v) is 12.2. The molecule has 1 aromatic heterocycles. The van der Waals surface area contributed by atoms with Crippen LogP contribution in [0, 0.1) is 12.8 Å². The number of nitrogens with one attached hydrogen (secondary N) is 2. The number of carbonyl (C=O) groups excluding carboxylic acids is 1. The molecular weight excluding hydrogens is 252 g/mol. The number of piperidine rings is 2. The average molecular weight is 276 g/mol. The summed E-state index contributed by atoms with van der Waals surface area (Å²) in [6.07, 6.45) is 6.06. The van der Waals surface area contributed by atoms with Crippen molar-refractivity contribution in [1.29, 1.82) is 0 Å². The van der Waals surface area contributed by atoms with E-state index in [1.54, 1.807) is 0 Å². The van der Waals surface area contributed by atoms with Crippen molar-refractivity contribution in [3.8, 4) is 0 Å². The summed E-state index contributed by atoms with van der Waals surface area (Å²) in [4.78, 5) is 22.4. The summed E-state index contributed by atoms with van der Waals surface area (Å²) in [5.41, 5.74) is 1.10. The summed E-state index contributed by atoms with van der Waals surface area (Å²) in [6.45, 7) is 5.72. The molecule has 0 aliphatic carbocycles. The lowest BCUT2D eigenvalue weighted by Crippen LogP contribution is -2.45. The predicted octanol–water partition coefficient (Wildman–Crippen LogP) is 1.42. The van der Waals surface area contributed by atoms with Crippen molar-refractivity contribution in [3.05, 3.63) is 17.7 Å². The number of amides is 1. The fourth-order valence-corrected chi connectivity index (χ4v) is 3.37. The van der Waals surface area contributed by atoms with Crippen molar-refractivity contribution >= 4 is 5.91 Å². The highest BCUT2D eigenvalue weighted by Gasteiger charge is 2.31. The third kappa shape index (κ3) is 2.87. The van der Waals surface area contributed by atoms with Crippen LogP contribution in [0.1, 0.15) is 43.1 Å². The third-order valence-corrected chi connectivity index (χ3v) is 4.53.